The molecule has 0 amide bonds. The van der Waals surface area contributed by atoms with Crippen molar-refractivity contribution in [1.82, 2.24) is 0 Å². The summed E-state index contributed by atoms with van der Waals surface area (Å²) < 4.78 is 0. The Labute approximate surface area is 135 Å². The fourth-order valence-electron chi connectivity index (χ4n) is 4.17. The summed E-state index contributed by atoms with van der Waals surface area (Å²) >= 11 is 0. The normalized spacial score (nSPS) is 18.0. The Morgan fingerprint density at radius 1 is 1.05 bits per heavy atom. The Hall–Kier alpha value is -1.40. The van der Waals surface area contributed by atoms with Crippen LogP contribution >= 0.6 is 0 Å². The van der Waals surface area contributed by atoms with E-state index in [9.17, 15) is 4.79 Å². The highest BCUT2D eigenvalue weighted by Crippen LogP contribution is 2.43. The van der Waals surface area contributed by atoms with Gasteiger partial charge in [-0.25, -0.2) is 4.79 Å². The SMILES string of the molecule is CC(C)(C)CC(C)(C)c1ccc(C2(N=C=O)CCCC2)cc1. The van der Waals surface area contributed by atoms with E-state index in [4.69, 9.17) is 0 Å². The van der Waals surface area contributed by atoms with Gasteiger partial charge in [0, 0.05) is 0 Å². The van der Waals surface area contributed by atoms with Crippen molar-refractivity contribution >= 4 is 6.08 Å². The number of carbonyl (C=O) groups excluding carboxylic acids is 1. The summed E-state index contributed by atoms with van der Waals surface area (Å²) in [5.41, 5.74) is 2.66. The van der Waals surface area contributed by atoms with Gasteiger partial charge in [0.05, 0.1) is 5.54 Å². The molecule has 0 unspecified atom stereocenters. The van der Waals surface area contributed by atoms with Crippen LogP contribution in [-0.2, 0) is 15.7 Å². The minimum atomic E-state index is -0.311. The Kier molecular flexibility index (Phi) is 4.63. The number of rotatable bonds is 4. The summed E-state index contributed by atoms with van der Waals surface area (Å²) in [6, 6.07) is 8.79. The molecule has 22 heavy (non-hydrogen) atoms. The summed E-state index contributed by atoms with van der Waals surface area (Å²) in [6.07, 6.45) is 7.15. The molecule has 2 nitrogen and oxygen atoms in total. The first-order valence-electron chi connectivity index (χ1n) is 8.39. The monoisotopic (exact) mass is 299 g/mol. The Morgan fingerprint density at radius 2 is 1.59 bits per heavy atom. The zero-order valence-corrected chi connectivity index (χ0v) is 14.7. The zero-order valence-electron chi connectivity index (χ0n) is 14.7. The molecule has 0 aromatic heterocycles. The quantitative estimate of drug-likeness (QED) is 0.533. The predicted molar refractivity (Wildman–Crippen MR) is 91.8 cm³/mol. The maximum Gasteiger partial charge on any atom is 0.235 e. The van der Waals surface area contributed by atoms with Crippen molar-refractivity contribution in [2.75, 3.05) is 0 Å². The van der Waals surface area contributed by atoms with Gasteiger partial charge in [-0.15, -0.1) is 0 Å². The maximum absolute atomic E-state index is 10.8. The molecule has 1 aromatic rings. The van der Waals surface area contributed by atoms with Gasteiger partial charge in [0.1, 0.15) is 0 Å². The highest BCUT2D eigenvalue weighted by Gasteiger charge is 2.36. The molecule has 0 saturated heterocycles. The zero-order chi connectivity index (χ0) is 16.4. The van der Waals surface area contributed by atoms with E-state index < -0.39 is 0 Å². The molecule has 1 fully saturated rings. The molecule has 1 saturated carbocycles. The predicted octanol–water partition coefficient (Wildman–Crippen LogP) is 5.51. The summed E-state index contributed by atoms with van der Waals surface area (Å²) in [6.45, 7) is 11.5. The largest absolute Gasteiger partial charge is 0.235 e. The molecule has 0 radical (unpaired) electrons. The third-order valence-electron chi connectivity index (χ3n) is 4.87. The van der Waals surface area contributed by atoms with E-state index in [0.29, 0.717) is 5.41 Å². The van der Waals surface area contributed by atoms with E-state index in [1.54, 1.807) is 6.08 Å². The highest BCUT2D eigenvalue weighted by atomic mass is 16.1. The Morgan fingerprint density at radius 3 is 2.05 bits per heavy atom. The fraction of sp³-hybridized carbons (Fsp3) is 0.650. The molecule has 2 rings (SSSR count). The molecule has 0 bridgehead atoms. The van der Waals surface area contributed by atoms with E-state index in [2.05, 4.69) is 63.9 Å². The molecule has 0 atom stereocenters. The van der Waals surface area contributed by atoms with Gasteiger partial charge in [0.15, 0.2) is 0 Å². The number of hydrogen-bond acceptors (Lipinski definition) is 2. The fourth-order valence-corrected chi connectivity index (χ4v) is 4.17. The number of aliphatic imine (C=N–C) groups is 1. The van der Waals surface area contributed by atoms with Gasteiger partial charge in [-0.1, -0.05) is 71.7 Å². The molecule has 120 valence electrons. The highest BCUT2D eigenvalue weighted by molar-refractivity contribution is 5.40. The Balaban J connectivity index is 2.28. The van der Waals surface area contributed by atoms with Crippen LogP contribution in [0.1, 0.15) is 77.8 Å². The van der Waals surface area contributed by atoms with Crippen LogP contribution in [0.3, 0.4) is 0 Å². The second-order valence-electron chi connectivity index (χ2n) is 8.64. The maximum atomic E-state index is 10.8. The van der Waals surface area contributed by atoms with Gasteiger partial charge in [-0.2, -0.15) is 4.99 Å². The number of hydrogen-bond donors (Lipinski definition) is 0. The van der Waals surface area contributed by atoms with Gasteiger partial charge in [-0.3, -0.25) is 0 Å². The van der Waals surface area contributed by atoms with Gasteiger partial charge < -0.3 is 0 Å². The standard InChI is InChI=1S/C20H29NO/c1-18(2,3)14-19(4,5)16-8-10-17(11-9-16)20(21-15-22)12-6-7-13-20/h8-11H,6-7,12-14H2,1-5H3. The van der Waals surface area contributed by atoms with E-state index in [1.807, 2.05) is 0 Å². The lowest BCUT2D eigenvalue weighted by atomic mass is 9.72. The lowest BCUT2D eigenvalue weighted by Crippen LogP contribution is -2.25. The van der Waals surface area contributed by atoms with Crippen LogP contribution in [0.2, 0.25) is 0 Å². The van der Waals surface area contributed by atoms with Crippen LogP contribution < -0.4 is 0 Å². The van der Waals surface area contributed by atoms with Crippen molar-refractivity contribution in [3.05, 3.63) is 35.4 Å². The molecule has 1 aliphatic carbocycles. The first kappa shape index (κ1) is 17.0. The van der Waals surface area contributed by atoms with Gasteiger partial charge >= 0.3 is 0 Å². The second-order valence-corrected chi connectivity index (χ2v) is 8.64. The molecule has 0 heterocycles. The van der Waals surface area contributed by atoms with Crippen LogP contribution in [-0.4, -0.2) is 6.08 Å². The first-order valence-corrected chi connectivity index (χ1v) is 8.39. The average molecular weight is 299 g/mol. The van der Waals surface area contributed by atoms with Crippen molar-refractivity contribution < 1.29 is 4.79 Å². The average Bonchev–Trinajstić information content (AvgIpc) is 2.86. The molecular weight excluding hydrogens is 270 g/mol. The van der Waals surface area contributed by atoms with Gasteiger partial charge in [0.25, 0.3) is 0 Å². The minimum Gasteiger partial charge on any atom is -0.211 e. The third kappa shape index (κ3) is 3.67. The number of nitrogens with zero attached hydrogens (tertiary/aromatic N) is 1. The summed E-state index contributed by atoms with van der Waals surface area (Å²) in [5.74, 6) is 0. The molecule has 0 N–H and O–H groups in total. The van der Waals surface area contributed by atoms with Gasteiger partial charge in [0.2, 0.25) is 6.08 Å². The van der Waals surface area contributed by atoms with Crippen LogP contribution in [0.15, 0.2) is 29.3 Å². The molecule has 1 aliphatic rings. The number of isocyanates is 1. The van der Waals surface area contributed by atoms with Crippen LogP contribution in [0.4, 0.5) is 0 Å². The minimum absolute atomic E-state index is 0.146. The van der Waals surface area contributed by atoms with Crippen molar-refractivity contribution in [2.24, 2.45) is 10.4 Å². The van der Waals surface area contributed by atoms with Crippen molar-refractivity contribution in [3.8, 4) is 0 Å². The van der Waals surface area contributed by atoms with Crippen LogP contribution in [0.5, 0.6) is 0 Å². The molecule has 2 heteroatoms. The summed E-state index contributed by atoms with van der Waals surface area (Å²) in [4.78, 5) is 15.0. The van der Waals surface area contributed by atoms with Crippen molar-refractivity contribution in [3.63, 3.8) is 0 Å². The van der Waals surface area contributed by atoms with Crippen molar-refractivity contribution in [1.29, 1.82) is 0 Å². The molecule has 0 spiro atoms. The lowest BCUT2D eigenvalue weighted by molar-refractivity contribution is 0.284. The third-order valence-corrected chi connectivity index (χ3v) is 4.87. The van der Waals surface area contributed by atoms with Crippen LogP contribution in [0.25, 0.3) is 0 Å². The van der Waals surface area contributed by atoms with Gasteiger partial charge in [-0.05, 0) is 41.2 Å². The van der Waals surface area contributed by atoms with E-state index in [-0.39, 0.29) is 11.0 Å². The molecular formula is C20H29NO. The Bertz CT molecular complexity index is 550. The van der Waals surface area contributed by atoms with E-state index in [0.717, 1.165) is 32.1 Å². The number of benzene rings is 1. The van der Waals surface area contributed by atoms with E-state index >= 15 is 0 Å². The van der Waals surface area contributed by atoms with Crippen molar-refractivity contribution in [2.45, 2.75) is 77.7 Å². The summed E-state index contributed by atoms with van der Waals surface area (Å²) in [5, 5.41) is 0. The first-order chi connectivity index (χ1) is 10.2. The topological polar surface area (TPSA) is 29.4 Å². The lowest BCUT2D eigenvalue weighted by Gasteiger charge is -2.33. The van der Waals surface area contributed by atoms with Crippen LogP contribution in [0, 0.1) is 5.41 Å². The molecule has 1 aromatic carbocycles. The second kappa shape index (κ2) is 6.01. The smallest absolute Gasteiger partial charge is 0.211 e. The molecule has 0 aliphatic heterocycles. The van der Waals surface area contributed by atoms with E-state index in [1.165, 1.54) is 11.1 Å². The summed E-state index contributed by atoms with van der Waals surface area (Å²) in [7, 11) is 0.